The lowest BCUT2D eigenvalue weighted by molar-refractivity contribution is -0.161. The van der Waals surface area contributed by atoms with E-state index < -0.39 is 17.4 Å². The van der Waals surface area contributed by atoms with Crippen molar-refractivity contribution in [3.05, 3.63) is 0 Å². The summed E-state index contributed by atoms with van der Waals surface area (Å²) in [6.45, 7) is 8.58. The number of hydrogen-bond donors (Lipinski definition) is 2. The fourth-order valence-electron chi connectivity index (χ4n) is 3.98. The van der Waals surface area contributed by atoms with Crippen LogP contribution < -0.4 is 0 Å². The molecule has 0 aromatic heterocycles. The molecule has 0 spiro atoms. The Kier molecular flexibility index (Phi) is 7.56. The molecule has 0 amide bonds. The van der Waals surface area contributed by atoms with Gasteiger partial charge in [0, 0.05) is 0 Å². The van der Waals surface area contributed by atoms with Crippen molar-refractivity contribution >= 4 is 11.9 Å². The van der Waals surface area contributed by atoms with Gasteiger partial charge in [-0.1, -0.05) is 40.5 Å². The number of aliphatic carboxylic acids is 2. The topological polar surface area (TPSA) is 74.6 Å². The van der Waals surface area contributed by atoms with Crippen LogP contribution in [0, 0.1) is 29.1 Å². The zero-order chi connectivity index (χ0) is 17.6. The smallest absolute Gasteiger partial charge is 0.309 e. The lowest BCUT2D eigenvalue weighted by Gasteiger charge is -2.43. The van der Waals surface area contributed by atoms with E-state index in [0.29, 0.717) is 37.5 Å². The number of carboxylic acid groups (broad SMARTS) is 2. The van der Waals surface area contributed by atoms with Crippen molar-refractivity contribution in [2.24, 2.45) is 29.1 Å². The van der Waals surface area contributed by atoms with Crippen molar-refractivity contribution in [1.29, 1.82) is 0 Å². The monoisotopic (exact) mass is 326 g/mol. The van der Waals surface area contributed by atoms with Crippen molar-refractivity contribution in [3.63, 3.8) is 0 Å². The highest BCUT2D eigenvalue weighted by Gasteiger charge is 2.49. The fraction of sp³-hybridized carbons (Fsp3) is 0.895. The second kappa shape index (κ2) is 8.70. The summed E-state index contributed by atoms with van der Waals surface area (Å²) in [5, 5.41) is 19.3. The fourth-order valence-corrected chi connectivity index (χ4v) is 3.98. The summed E-state index contributed by atoms with van der Waals surface area (Å²) in [7, 11) is 0. The van der Waals surface area contributed by atoms with Gasteiger partial charge in [-0.05, 0) is 56.3 Å². The molecule has 0 aromatic carbocycles. The Balaban J connectivity index is 2.91. The zero-order valence-electron chi connectivity index (χ0n) is 15.2. The maximum absolute atomic E-state index is 12.1. The van der Waals surface area contributed by atoms with Gasteiger partial charge in [-0.25, -0.2) is 0 Å². The van der Waals surface area contributed by atoms with Gasteiger partial charge in [-0.2, -0.15) is 0 Å². The van der Waals surface area contributed by atoms with Crippen LogP contribution in [0.5, 0.6) is 0 Å². The minimum atomic E-state index is -0.762. The molecule has 4 nitrogen and oxygen atoms in total. The summed E-state index contributed by atoms with van der Waals surface area (Å²) in [4.78, 5) is 23.5. The molecule has 3 atom stereocenters. The van der Waals surface area contributed by atoms with Crippen LogP contribution in [-0.4, -0.2) is 22.2 Å². The first kappa shape index (κ1) is 20.0. The predicted octanol–water partition coefficient (Wildman–Crippen LogP) is 4.82. The van der Waals surface area contributed by atoms with Gasteiger partial charge in [-0.3, -0.25) is 9.59 Å². The van der Waals surface area contributed by atoms with E-state index in [2.05, 4.69) is 27.7 Å². The Bertz CT molecular complexity index is 402. The minimum absolute atomic E-state index is 0.00708. The van der Waals surface area contributed by atoms with E-state index >= 15 is 0 Å². The lowest BCUT2D eigenvalue weighted by atomic mass is 9.59. The average molecular weight is 326 g/mol. The molecule has 23 heavy (non-hydrogen) atoms. The maximum atomic E-state index is 12.1. The number of carboxylic acids is 2. The van der Waals surface area contributed by atoms with Crippen LogP contribution in [-0.2, 0) is 9.59 Å². The van der Waals surface area contributed by atoms with Crippen LogP contribution >= 0.6 is 0 Å². The van der Waals surface area contributed by atoms with Gasteiger partial charge in [-0.15, -0.1) is 0 Å². The third-order valence-electron chi connectivity index (χ3n) is 5.57. The quantitative estimate of drug-likeness (QED) is 0.637. The van der Waals surface area contributed by atoms with Gasteiger partial charge in [0.2, 0.25) is 0 Å². The molecule has 0 radical (unpaired) electrons. The molecule has 1 rings (SSSR count). The Hall–Kier alpha value is -1.06. The molecule has 2 N–H and O–H groups in total. The SMILES string of the molecule is CC(C)CCCC1CC(C(=O)O)CCC1(CCC(C)C)C(=O)O. The van der Waals surface area contributed by atoms with Crippen molar-refractivity contribution in [3.8, 4) is 0 Å². The van der Waals surface area contributed by atoms with E-state index in [1.165, 1.54) is 0 Å². The highest BCUT2D eigenvalue weighted by molar-refractivity contribution is 5.76. The molecule has 134 valence electrons. The molecule has 1 aliphatic carbocycles. The first-order valence-electron chi connectivity index (χ1n) is 9.15. The maximum Gasteiger partial charge on any atom is 0.309 e. The van der Waals surface area contributed by atoms with E-state index in [4.69, 9.17) is 0 Å². The summed E-state index contributed by atoms with van der Waals surface area (Å²) in [6, 6.07) is 0. The van der Waals surface area contributed by atoms with Crippen molar-refractivity contribution < 1.29 is 19.8 Å². The van der Waals surface area contributed by atoms with Crippen LogP contribution in [0.15, 0.2) is 0 Å². The van der Waals surface area contributed by atoms with Gasteiger partial charge in [0.1, 0.15) is 0 Å². The molecule has 0 aliphatic heterocycles. The average Bonchev–Trinajstić information content (AvgIpc) is 2.44. The lowest BCUT2D eigenvalue weighted by Crippen LogP contribution is -2.44. The van der Waals surface area contributed by atoms with Crippen molar-refractivity contribution in [2.45, 2.75) is 79.1 Å². The predicted molar refractivity (Wildman–Crippen MR) is 91.3 cm³/mol. The van der Waals surface area contributed by atoms with Gasteiger partial charge in [0.05, 0.1) is 11.3 Å². The summed E-state index contributed by atoms with van der Waals surface area (Å²) < 4.78 is 0. The molecule has 4 heteroatoms. The van der Waals surface area contributed by atoms with Gasteiger partial charge < -0.3 is 10.2 Å². The van der Waals surface area contributed by atoms with E-state index in [9.17, 15) is 19.8 Å². The first-order chi connectivity index (χ1) is 10.7. The number of carbonyl (C=O) groups is 2. The highest BCUT2D eigenvalue weighted by Crippen LogP contribution is 2.49. The van der Waals surface area contributed by atoms with Crippen molar-refractivity contribution in [1.82, 2.24) is 0 Å². The van der Waals surface area contributed by atoms with Crippen LogP contribution in [0.25, 0.3) is 0 Å². The van der Waals surface area contributed by atoms with Crippen LogP contribution in [0.1, 0.15) is 79.1 Å². The second-order valence-electron chi connectivity index (χ2n) is 8.23. The Morgan fingerprint density at radius 2 is 1.70 bits per heavy atom. The van der Waals surface area contributed by atoms with E-state index in [-0.39, 0.29) is 11.8 Å². The van der Waals surface area contributed by atoms with E-state index in [1.807, 2.05) is 0 Å². The molecular weight excluding hydrogens is 292 g/mol. The summed E-state index contributed by atoms with van der Waals surface area (Å²) in [5.41, 5.74) is -0.715. The van der Waals surface area contributed by atoms with E-state index in [1.54, 1.807) is 0 Å². The van der Waals surface area contributed by atoms with Gasteiger partial charge in [0.15, 0.2) is 0 Å². The Labute approximate surface area is 140 Å². The molecule has 3 unspecified atom stereocenters. The molecule has 0 heterocycles. The van der Waals surface area contributed by atoms with E-state index in [0.717, 1.165) is 25.7 Å². The van der Waals surface area contributed by atoms with Crippen molar-refractivity contribution in [2.75, 3.05) is 0 Å². The second-order valence-corrected chi connectivity index (χ2v) is 8.23. The third kappa shape index (κ3) is 5.50. The van der Waals surface area contributed by atoms with Crippen LogP contribution in [0.3, 0.4) is 0 Å². The standard InChI is InChI=1S/C19H34O4/c1-13(2)6-5-7-16-12-15(17(20)21)9-11-19(16,18(22)23)10-8-14(3)4/h13-16H,5-12H2,1-4H3,(H,20,21)(H,22,23). The Morgan fingerprint density at radius 3 is 2.17 bits per heavy atom. The molecule has 0 saturated heterocycles. The molecule has 1 saturated carbocycles. The number of hydrogen-bond acceptors (Lipinski definition) is 2. The molecule has 0 bridgehead atoms. The Morgan fingerprint density at radius 1 is 1.09 bits per heavy atom. The summed E-state index contributed by atoms with van der Waals surface area (Å²) in [6.07, 6.45) is 6.02. The third-order valence-corrected chi connectivity index (χ3v) is 5.57. The van der Waals surface area contributed by atoms with Gasteiger partial charge in [0.25, 0.3) is 0 Å². The summed E-state index contributed by atoms with van der Waals surface area (Å²) in [5.74, 6) is -0.778. The van der Waals surface area contributed by atoms with Crippen LogP contribution in [0.2, 0.25) is 0 Å². The molecule has 0 aromatic rings. The molecule has 1 fully saturated rings. The summed E-state index contributed by atoms with van der Waals surface area (Å²) >= 11 is 0. The molecular formula is C19H34O4. The first-order valence-corrected chi connectivity index (χ1v) is 9.15. The largest absolute Gasteiger partial charge is 0.481 e. The minimum Gasteiger partial charge on any atom is -0.481 e. The molecule has 1 aliphatic rings. The van der Waals surface area contributed by atoms with Gasteiger partial charge >= 0.3 is 11.9 Å². The normalized spacial score (nSPS) is 28.3. The van der Waals surface area contributed by atoms with Crippen LogP contribution in [0.4, 0.5) is 0 Å². The zero-order valence-corrected chi connectivity index (χ0v) is 15.2. The highest BCUT2D eigenvalue weighted by atomic mass is 16.4. The number of rotatable bonds is 9.